The highest BCUT2D eigenvalue weighted by Gasteiger charge is 2.15. The quantitative estimate of drug-likeness (QED) is 0.618. The second kappa shape index (κ2) is 3.77. The molecule has 0 saturated carbocycles. The zero-order valence-electron chi connectivity index (χ0n) is 7.25. The number of furan rings is 1. The van der Waals surface area contributed by atoms with E-state index in [9.17, 15) is 10.1 Å². The van der Waals surface area contributed by atoms with E-state index >= 15 is 0 Å². The normalized spacial score (nSPS) is 10.2. The summed E-state index contributed by atoms with van der Waals surface area (Å²) in [5.74, 6) is 0.0199. The number of aromatic nitrogens is 2. The first kappa shape index (κ1) is 9.78. The second-order valence-electron chi connectivity index (χ2n) is 2.61. The van der Waals surface area contributed by atoms with Gasteiger partial charge in [0, 0.05) is 6.20 Å². The van der Waals surface area contributed by atoms with Crippen molar-refractivity contribution in [3.8, 4) is 11.5 Å². The molecule has 0 aliphatic rings. The molecule has 0 bridgehead atoms. The monoisotopic (exact) mass is 269 g/mol. The number of nitro groups is 1. The lowest BCUT2D eigenvalue weighted by atomic mass is 10.3. The minimum atomic E-state index is -0.599. The summed E-state index contributed by atoms with van der Waals surface area (Å²) in [6, 6.07) is 2.77. The zero-order chi connectivity index (χ0) is 10.8. The van der Waals surface area contributed by atoms with E-state index in [0.29, 0.717) is 15.9 Å². The van der Waals surface area contributed by atoms with Gasteiger partial charge in [-0.05, 0) is 22.0 Å². The van der Waals surface area contributed by atoms with Gasteiger partial charge in [-0.1, -0.05) is 0 Å². The van der Waals surface area contributed by atoms with E-state index in [1.54, 1.807) is 0 Å². The minimum Gasteiger partial charge on any atom is -0.399 e. The van der Waals surface area contributed by atoms with Gasteiger partial charge in [-0.25, -0.2) is 9.97 Å². The van der Waals surface area contributed by atoms with Crippen molar-refractivity contribution < 1.29 is 9.34 Å². The molecular formula is C8H4BrN3O3. The van der Waals surface area contributed by atoms with E-state index < -0.39 is 4.92 Å². The molecule has 2 heterocycles. The Kier molecular flexibility index (Phi) is 2.46. The molecule has 6 nitrogen and oxygen atoms in total. The van der Waals surface area contributed by atoms with Crippen molar-refractivity contribution in [2.24, 2.45) is 0 Å². The van der Waals surface area contributed by atoms with Gasteiger partial charge in [0.05, 0.1) is 10.5 Å². The summed E-state index contributed by atoms with van der Waals surface area (Å²) in [6.45, 7) is 0. The molecule has 0 aromatic carbocycles. The molecule has 7 heteroatoms. The van der Waals surface area contributed by atoms with E-state index in [4.69, 9.17) is 4.42 Å². The molecule has 0 unspecified atom stereocenters. The fourth-order valence-electron chi connectivity index (χ4n) is 1.05. The molecule has 2 aromatic heterocycles. The lowest BCUT2D eigenvalue weighted by Gasteiger charge is -1.96. The second-order valence-corrected chi connectivity index (χ2v) is 3.47. The van der Waals surface area contributed by atoms with Crippen molar-refractivity contribution in [3.05, 3.63) is 39.2 Å². The standard InChI is InChI=1S/C8H4BrN3O3/c9-5-3-10-4-11-8(5)6-1-2-7(15-6)12(13)14/h1-4H. The van der Waals surface area contributed by atoms with Crippen LogP contribution in [0.3, 0.4) is 0 Å². The molecule has 0 amide bonds. The van der Waals surface area contributed by atoms with Gasteiger partial charge >= 0.3 is 5.88 Å². The summed E-state index contributed by atoms with van der Waals surface area (Å²) in [4.78, 5) is 17.5. The molecular weight excluding hydrogens is 266 g/mol. The van der Waals surface area contributed by atoms with Gasteiger partial charge in [-0.3, -0.25) is 10.1 Å². The topological polar surface area (TPSA) is 82.1 Å². The van der Waals surface area contributed by atoms with Crippen molar-refractivity contribution in [2.45, 2.75) is 0 Å². The number of nitrogens with zero attached hydrogens (tertiary/aromatic N) is 3. The van der Waals surface area contributed by atoms with Crippen molar-refractivity contribution in [1.29, 1.82) is 0 Å². The Hall–Kier alpha value is -1.76. The van der Waals surface area contributed by atoms with Crippen molar-refractivity contribution >= 4 is 21.8 Å². The maximum atomic E-state index is 10.4. The van der Waals surface area contributed by atoms with Gasteiger partial charge in [-0.15, -0.1) is 0 Å². The molecule has 0 spiro atoms. The van der Waals surface area contributed by atoms with Gasteiger partial charge < -0.3 is 4.42 Å². The Morgan fingerprint density at radius 3 is 2.87 bits per heavy atom. The van der Waals surface area contributed by atoms with Crippen LogP contribution in [-0.4, -0.2) is 14.9 Å². The Morgan fingerprint density at radius 2 is 2.27 bits per heavy atom. The Morgan fingerprint density at radius 1 is 1.47 bits per heavy atom. The molecule has 0 atom stereocenters. The molecule has 2 rings (SSSR count). The van der Waals surface area contributed by atoms with E-state index in [1.165, 1.54) is 24.7 Å². The summed E-state index contributed by atoms with van der Waals surface area (Å²) < 4.78 is 5.61. The summed E-state index contributed by atoms with van der Waals surface area (Å²) in [5, 5.41) is 10.4. The van der Waals surface area contributed by atoms with Gasteiger partial charge in [0.1, 0.15) is 16.9 Å². The van der Waals surface area contributed by atoms with Crippen molar-refractivity contribution in [1.82, 2.24) is 9.97 Å². The summed E-state index contributed by atoms with van der Waals surface area (Å²) in [7, 11) is 0. The highest BCUT2D eigenvalue weighted by Crippen LogP contribution is 2.28. The SMILES string of the molecule is O=[N+]([O-])c1ccc(-c2ncncc2Br)o1. The Labute approximate surface area is 92.2 Å². The smallest absolute Gasteiger partial charge is 0.399 e. The van der Waals surface area contributed by atoms with E-state index in [2.05, 4.69) is 25.9 Å². The molecule has 0 saturated heterocycles. The van der Waals surface area contributed by atoms with Crippen LogP contribution in [-0.2, 0) is 0 Å². The minimum absolute atomic E-state index is 0.310. The van der Waals surface area contributed by atoms with Crippen LogP contribution in [0.2, 0.25) is 0 Å². The fourth-order valence-corrected chi connectivity index (χ4v) is 1.46. The van der Waals surface area contributed by atoms with Gasteiger partial charge in [0.25, 0.3) is 0 Å². The van der Waals surface area contributed by atoms with Crippen LogP contribution in [0, 0.1) is 10.1 Å². The van der Waals surface area contributed by atoms with Crippen molar-refractivity contribution in [3.63, 3.8) is 0 Å². The summed E-state index contributed by atoms with van der Waals surface area (Å²) in [5.41, 5.74) is 0.484. The zero-order valence-corrected chi connectivity index (χ0v) is 8.84. The lowest BCUT2D eigenvalue weighted by Crippen LogP contribution is -1.85. The van der Waals surface area contributed by atoms with Gasteiger partial charge in [0.2, 0.25) is 0 Å². The molecule has 15 heavy (non-hydrogen) atoms. The highest BCUT2D eigenvalue weighted by molar-refractivity contribution is 9.10. The molecule has 0 radical (unpaired) electrons. The average molecular weight is 270 g/mol. The Balaban J connectivity index is 2.46. The van der Waals surface area contributed by atoms with Crippen LogP contribution >= 0.6 is 15.9 Å². The number of rotatable bonds is 2. The van der Waals surface area contributed by atoms with E-state index in [0.717, 1.165) is 0 Å². The molecule has 0 N–H and O–H groups in total. The molecule has 0 aliphatic carbocycles. The van der Waals surface area contributed by atoms with Crippen LogP contribution in [0.25, 0.3) is 11.5 Å². The van der Waals surface area contributed by atoms with Crippen LogP contribution in [0.5, 0.6) is 0 Å². The predicted molar refractivity (Wildman–Crippen MR) is 54.1 cm³/mol. The summed E-state index contributed by atoms with van der Waals surface area (Å²) >= 11 is 3.22. The Bertz CT molecular complexity index is 511. The third-order valence-electron chi connectivity index (χ3n) is 1.67. The number of hydrogen-bond acceptors (Lipinski definition) is 5. The van der Waals surface area contributed by atoms with Crippen LogP contribution in [0.1, 0.15) is 0 Å². The summed E-state index contributed by atoms with van der Waals surface area (Å²) in [6.07, 6.45) is 2.88. The van der Waals surface area contributed by atoms with Gasteiger partial charge in [-0.2, -0.15) is 0 Å². The number of halogens is 1. The van der Waals surface area contributed by atoms with Crippen LogP contribution in [0.4, 0.5) is 5.88 Å². The predicted octanol–water partition coefficient (Wildman–Crippen LogP) is 2.41. The van der Waals surface area contributed by atoms with E-state index in [1.807, 2.05) is 0 Å². The maximum absolute atomic E-state index is 10.4. The maximum Gasteiger partial charge on any atom is 0.433 e. The van der Waals surface area contributed by atoms with Gasteiger partial charge in [0.15, 0.2) is 5.76 Å². The average Bonchev–Trinajstić information content (AvgIpc) is 2.67. The first-order chi connectivity index (χ1) is 7.18. The molecule has 0 fully saturated rings. The lowest BCUT2D eigenvalue weighted by molar-refractivity contribution is -0.401. The largest absolute Gasteiger partial charge is 0.433 e. The first-order valence-electron chi connectivity index (χ1n) is 3.88. The van der Waals surface area contributed by atoms with Crippen molar-refractivity contribution in [2.75, 3.05) is 0 Å². The number of hydrogen-bond donors (Lipinski definition) is 0. The van der Waals surface area contributed by atoms with E-state index in [-0.39, 0.29) is 5.88 Å². The third kappa shape index (κ3) is 1.86. The molecule has 2 aromatic rings. The third-order valence-corrected chi connectivity index (χ3v) is 2.25. The fraction of sp³-hybridized carbons (Fsp3) is 0. The van der Waals surface area contributed by atoms with Crippen LogP contribution < -0.4 is 0 Å². The highest BCUT2D eigenvalue weighted by atomic mass is 79.9. The molecule has 76 valence electrons. The van der Waals surface area contributed by atoms with Crippen LogP contribution in [0.15, 0.2) is 33.5 Å². The molecule has 0 aliphatic heterocycles. The first-order valence-corrected chi connectivity index (χ1v) is 4.68.